The van der Waals surface area contributed by atoms with E-state index in [9.17, 15) is 0 Å². The average molecular weight is 265 g/mol. The van der Waals surface area contributed by atoms with Gasteiger partial charge in [-0.05, 0) is 12.1 Å². The van der Waals surface area contributed by atoms with Crippen molar-refractivity contribution in [2.24, 2.45) is 0 Å². The van der Waals surface area contributed by atoms with Gasteiger partial charge < -0.3 is 15.6 Å². The third-order valence-corrected chi connectivity index (χ3v) is 2.81. The van der Waals surface area contributed by atoms with Crippen molar-refractivity contribution in [2.75, 3.05) is 17.7 Å². The van der Waals surface area contributed by atoms with Crippen LogP contribution < -0.4 is 10.6 Å². The number of rotatable bonds is 3. The normalized spacial score (nSPS) is 10.2. The number of imidazole rings is 1. The monoisotopic (exact) mass is 265 g/mol. The maximum atomic E-state index is 9.12. The van der Waals surface area contributed by atoms with Crippen LogP contribution in [-0.4, -0.2) is 27.0 Å². The quantitative estimate of drug-likeness (QED) is 0.669. The summed E-state index contributed by atoms with van der Waals surface area (Å²) in [6.45, 7) is 0. The molecule has 3 rings (SSSR count). The van der Waals surface area contributed by atoms with Crippen LogP contribution in [0.15, 0.2) is 30.6 Å². The van der Waals surface area contributed by atoms with E-state index in [1.165, 1.54) is 0 Å². The molecule has 20 heavy (non-hydrogen) atoms. The second-order valence-corrected chi connectivity index (χ2v) is 4.03. The van der Waals surface area contributed by atoms with Crippen molar-refractivity contribution < 1.29 is 0 Å². The van der Waals surface area contributed by atoms with E-state index in [2.05, 4.69) is 36.6 Å². The van der Waals surface area contributed by atoms with Crippen LogP contribution in [0.3, 0.4) is 0 Å². The molecule has 0 spiro atoms. The van der Waals surface area contributed by atoms with Gasteiger partial charge in [0, 0.05) is 7.05 Å². The Hall–Kier alpha value is -3.14. The van der Waals surface area contributed by atoms with E-state index in [1.807, 2.05) is 18.2 Å². The molecule has 0 aliphatic heterocycles. The molecule has 0 unspecified atom stereocenters. The Kier molecular flexibility index (Phi) is 2.89. The molecule has 0 fully saturated rings. The SMILES string of the molecule is CNc1nc(Nc2ccccc2C#N)c2[nH]cnc2n1. The Morgan fingerprint density at radius 3 is 2.90 bits per heavy atom. The van der Waals surface area contributed by atoms with Gasteiger partial charge in [-0.3, -0.25) is 0 Å². The van der Waals surface area contributed by atoms with Crippen LogP contribution >= 0.6 is 0 Å². The predicted molar refractivity (Wildman–Crippen MR) is 75.7 cm³/mol. The van der Waals surface area contributed by atoms with Crippen molar-refractivity contribution in [1.82, 2.24) is 19.9 Å². The van der Waals surface area contributed by atoms with Crippen LogP contribution in [0, 0.1) is 11.3 Å². The van der Waals surface area contributed by atoms with Crippen molar-refractivity contribution in [2.45, 2.75) is 0 Å². The fourth-order valence-electron chi connectivity index (χ4n) is 1.85. The average Bonchev–Trinajstić information content (AvgIpc) is 2.96. The summed E-state index contributed by atoms with van der Waals surface area (Å²) in [5.74, 6) is 1.03. The number of nitriles is 1. The molecule has 0 saturated carbocycles. The van der Waals surface area contributed by atoms with E-state index >= 15 is 0 Å². The Balaban J connectivity index is 2.10. The molecule has 0 atom stereocenters. The number of aromatic nitrogens is 4. The van der Waals surface area contributed by atoms with Crippen molar-refractivity contribution in [3.8, 4) is 6.07 Å². The van der Waals surface area contributed by atoms with Crippen molar-refractivity contribution in [3.63, 3.8) is 0 Å². The van der Waals surface area contributed by atoms with Gasteiger partial charge in [-0.25, -0.2) is 4.98 Å². The first kappa shape index (κ1) is 11.9. The molecule has 3 aromatic rings. The van der Waals surface area contributed by atoms with Gasteiger partial charge in [0.15, 0.2) is 11.5 Å². The van der Waals surface area contributed by atoms with Gasteiger partial charge in [-0.2, -0.15) is 15.2 Å². The molecular weight excluding hydrogens is 254 g/mol. The fraction of sp³-hybridized carbons (Fsp3) is 0.0769. The van der Waals surface area contributed by atoms with Crippen molar-refractivity contribution in [1.29, 1.82) is 5.26 Å². The molecular formula is C13H11N7. The van der Waals surface area contributed by atoms with Crippen LogP contribution in [0.1, 0.15) is 5.56 Å². The Labute approximate surface area is 114 Å². The number of anilines is 3. The summed E-state index contributed by atoms with van der Waals surface area (Å²) >= 11 is 0. The number of fused-ring (bicyclic) bond motifs is 1. The molecule has 0 aliphatic rings. The molecule has 2 aromatic heterocycles. The first-order chi connectivity index (χ1) is 9.81. The number of nitrogens with zero attached hydrogens (tertiary/aromatic N) is 4. The molecule has 0 aliphatic carbocycles. The highest BCUT2D eigenvalue weighted by Gasteiger charge is 2.10. The number of H-pyrrole nitrogens is 1. The number of hydrogen-bond donors (Lipinski definition) is 3. The summed E-state index contributed by atoms with van der Waals surface area (Å²) in [5.41, 5.74) is 2.48. The maximum absolute atomic E-state index is 9.12. The highest BCUT2D eigenvalue weighted by molar-refractivity contribution is 5.86. The molecule has 2 heterocycles. The first-order valence-electron chi connectivity index (χ1n) is 5.97. The summed E-state index contributed by atoms with van der Waals surface area (Å²) < 4.78 is 0. The van der Waals surface area contributed by atoms with Gasteiger partial charge in [0.2, 0.25) is 5.95 Å². The van der Waals surface area contributed by atoms with Gasteiger partial charge in [-0.15, -0.1) is 0 Å². The molecule has 0 bridgehead atoms. The largest absolute Gasteiger partial charge is 0.357 e. The molecule has 0 saturated heterocycles. The smallest absolute Gasteiger partial charge is 0.226 e. The molecule has 3 N–H and O–H groups in total. The molecule has 98 valence electrons. The lowest BCUT2D eigenvalue weighted by atomic mass is 10.2. The van der Waals surface area contributed by atoms with E-state index in [1.54, 1.807) is 19.4 Å². The van der Waals surface area contributed by atoms with Crippen LogP contribution in [0.4, 0.5) is 17.5 Å². The van der Waals surface area contributed by atoms with E-state index in [-0.39, 0.29) is 0 Å². The second-order valence-electron chi connectivity index (χ2n) is 4.03. The molecule has 1 aromatic carbocycles. The number of hydrogen-bond acceptors (Lipinski definition) is 6. The lowest BCUT2D eigenvalue weighted by Gasteiger charge is -2.09. The molecule has 0 radical (unpaired) electrons. The molecule has 7 nitrogen and oxygen atoms in total. The lowest BCUT2D eigenvalue weighted by Crippen LogP contribution is -2.02. The number of para-hydroxylation sites is 1. The summed E-state index contributed by atoms with van der Waals surface area (Å²) in [6, 6.07) is 9.37. The summed E-state index contributed by atoms with van der Waals surface area (Å²) in [4.78, 5) is 15.7. The highest BCUT2D eigenvalue weighted by Crippen LogP contribution is 2.24. The predicted octanol–water partition coefficient (Wildman–Crippen LogP) is 2.01. The maximum Gasteiger partial charge on any atom is 0.226 e. The van der Waals surface area contributed by atoms with Gasteiger partial charge in [0.25, 0.3) is 0 Å². The number of nitrogens with one attached hydrogen (secondary N) is 3. The van der Waals surface area contributed by atoms with E-state index in [0.717, 1.165) is 0 Å². The minimum atomic E-state index is 0.460. The van der Waals surface area contributed by atoms with E-state index < -0.39 is 0 Å². The van der Waals surface area contributed by atoms with Gasteiger partial charge >= 0.3 is 0 Å². The van der Waals surface area contributed by atoms with Gasteiger partial charge in [-0.1, -0.05) is 12.1 Å². The highest BCUT2D eigenvalue weighted by atomic mass is 15.2. The topological polar surface area (TPSA) is 102 Å². The summed E-state index contributed by atoms with van der Waals surface area (Å²) in [7, 11) is 1.74. The Bertz CT molecular complexity index is 800. The standard InChI is InChI=1S/C13H11N7/c1-15-13-19-11-10(16-7-17-11)12(20-13)18-9-5-3-2-4-8(9)6-14/h2-5,7H,1H3,(H3,15,16,17,18,19,20). The minimum Gasteiger partial charge on any atom is -0.357 e. The number of aromatic amines is 1. The summed E-state index contributed by atoms with van der Waals surface area (Å²) in [6.07, 6.45) is 1.56. The zero-order valence-electron chi connectivity index (χ0n) is 10.7. The Morgan fingerprint density at radius 1 is 1.25 bits per heavy atom. The molecule has 7 heteroatoms. The lowest BCUT2D eigenvalue weighted by molar-refractivity contribution is 1.18. The van der Waals surface area contributed by atoms with Crippen LogP contribution in [-0.2, 0) is 0 Å². The second kappa shape index (κ2) is 4.85. The third-order valence-electron chi connectivity index (χ3n) is 2.81. The van der Waals surface area contributed by atoms with E-state index in [0.29, 0.717) is 34.2 Å². The number of benzene rings is 1. The van der Waals surface area contributed by atoms with Crippen LogP contribution in [0.2, 0.25) is 0 Å². The summed E-state index contributed by atoms with van der Waals surface area (Å²) in [5, 5.41) is 15.1. The fourth-order valence-corrected chi connectivity index (χ4v) is 1.85. The van der Waals surface area contributed by atoms with Crippen molar-refractivity contribution >= 4 is 28.6 Å². The third kappa shape index (κ3) is 1.99. The van der Waals surface area contributed by atoms with Gasteiger partial charge in [0.1, 0.15) is 11.6 Å². The zero-order valence-corrected chi connectivity index (χ0v) is 10.7. The molecule has 0 amide bonds. The van der Waals surface area contributed by atoms with Gasteiger partial charge in [0.05, 0.1) is 17.6 Å². The first-order valence-corrected chi connectivity index (χ1v) is 5.97. The zero-order chi connectivity index (χ0) is 13.9. The Morgan fingerprint density at radius 2 is 2.10 bits per heavy atom. The van der Waals surface area contributed by atoms with Crippen molar-refractivity contribution in [3.05, 3.63) is 36.2 Å². The minimum absolute atomic E-state index is 0.460. The van der Waals surface area contributed by atoms with Crippen LogP contribution in [0.5, 0.6) is 0 Å². The van der Waals surface area contributed by atoms with Crippen LogP contribution in [0.25, 0.3) is 11.2 Å². The van der Waals surface area contributed by atoms with E-state index in [4.69, 9.17) is 5.26 Å².